The van der Waals surface area contributed by atoms with Crippen molar-refractivity contribution in [2.45, 2.75) is 25.6 Å². The highest BCUT2D eigenvalue weighted by molar-refractivity contribution is 5.90. The number of amides is 1. The van der Waals surface area contributed by atoms with Crippen LogP contribution in [0, 0.1) is 0 Å². The highest BCUT2D eigenvalue weighted by atomic mass is 19.1. The zero-order valence-corrected chi connectivity index (χ0v) is 13.7. The molecule has 0 radical (unpaired) electrons. The molecule has 1 fully saturated rings. The first kappa shape index (κ1) is 16.3. The summed E-state index contributed by atoms with van der Waals surface area (Å²) >= 11 is 0. The predicted molar refractivity (Wildman–Crippen MR) is 90.1 cm³/mol. The van der Waals surface area contributed by atoms with Crippen LogP contribution in [-0.4, -0.2) is 25.4 Å². The van der Waals surface area contributed by atoms with Crippen LogP contribution in [0.2, 0.25) is 0 Å². The summed E-state index contributed by atoms with van der Waals surface area (Å²) in [6.45, 7) is 3.08. The second-order valence-electron chi connectivity index (χ2n) is 6.08. The lowest BCUT2D eigenvalue weighted by Gasteiger charge is -2.27. The van der Waals surface area contributed by atoms with E-state index in [4.69, 9.17) is 9.47 Å². The van der Waals surface area contributed by atoms with Gasteiger partial charge in [-0.25, -0.2) is 9.18 Å². The number of halogens is 1. The standard InChI is InChI=1S/C19H20FNO3/c1-14(2)23-17-11-7-6-10-16(17)19(12-20)13-21(18(22)24-19)15-8-4-3-5-9-15/h3-11,14H,12-13H2,1-2H3/t19-/m1/s1. The topological polar surface area (TPSA) is 38.8 Å². The van der Waals surface area contributed by atoms with Gasteiger partial charge in [0, 0.05) is 11.3 Å². The molecule has 24 heavy (non-hydrogen) atoms. The summed E-state index contributed by atoms with van der Waals surface area (Å²) in [6, 6.07) is 16.2. The van der Waals surface area contributed by atoms with Gasteiger partial charge in [-0.15, -0.1) is 0 Å². The molecule has 1 heterocycles. The van der Waals surface area contributed by atoms with Crippen molar-refractivity contribution in [1.29, 1.82) is 0 Å². The van der Waals surface area contributed by atoms with Crippen molar-refractivity contribution in [3.05, 3.63) is 60.2 Å². The zero-order chi connectivity index (χ0) is 17.2. The molecule has 2 aromatic carbocycles. The maximum atomic E-state index is 14.1. The molecule has 0 N–H and O–H groups in total. The molecule has 0 unspecified atom stereocenters. The third-order valence-corrected chi connectivity index (χ3v) is 3.94. The molecule has 2 aromatic rings. The average Bonchev–Trinajstić information content (AvgIpc) is 2.93. The van der Waals surface area contributed by atoms with Crippen LogP contribution >= 0.6 is 0 Å². The van der Waals surface area contributed by atoms with Crippen LogP contribution in [0.5, 0.6) is 5.75 Å². The van der Waals surface area contributed by atoms with Gasteiger partial charge in [-0.1, -0.05) is 36.4 Å². The summed E-state index contributed by atoms with van der Waals surface area (Å²) in [5, 5.41) is 0. The fourth-order valence-electron chi connectivity index (χ4n) is 2.86. The van der Waals surface area contributed by atoms with Gasteiger partial charge in [0.25, 0.3) is 0 Å². The number of para-hydroxylation sites is 2. The number of carbonyl (C=O) groups is 1. The molecule has 0 aliphatic carbocycles. The van der Waals surface area contributed by atoms with Crippen LogP contribution in [0.25, 0.3) is 0 Å². The molecule has 5 heteroatoms. The normalized spacial score (nSPS) is 20.3. The smallest absolute Gasteiger partial charge is 0.415 e. The second-order valence-corrected chi connectivity index (χ2v) is 6.08. The Morgan fingerprint density at radius 1 is 1.17 bits per heavy atom. The number of carbonyl (C=O) groups excluding carboxylic acids is 1. The first-order valence-corrected chi connectivity index (χ1v) is 7.93. The Kier molecular flexibility index (Phi) is 4.42. The summed E-state index contributed by atoms with van der Waals surface area (Å²) in [4.78, 5) is 13.8. The van der Waals surface area contributed by atoms with Crippen molar-refractivity contribution >= 4 is 11.8 Å². The number of benzene rings is 2. The van der Waals surface area contributed by atoms with Crippen molar-refractivity contribution in [1.82, 2.24) is 0 Å². The van der Waals surface area contributed by atoms with Crippen LogP contribution < -0.4 is 9.64 Å². The number of ether oxygens (including phenoxy) is 2. The summed E-state index contributed by atoms with van der Waals surface area (Å²) < 4.78 is 25.3. The van der Waals surface area contributed by atoms with Gasteiger partial charge in [-0.3, -0.25) is 4.90 Å². The molecule has 126 valence electrons. The predicted octanol–water partition coefficient (Wildman–Crippen LogP) is 4.30. The molecule has 1 aliphatic rings. The Balaban J connectivity index is 1.98. The molecular weight excluding hydrogens is 309 g/mol. The van der Waals surface area contributed by atoms with Gasteiger partial charge < -0.3 is 9.47 Å². The minimum Gasteiger partial charge on any atom is -0.491 e. The average molecular weight is 329 g/mol. The van der Waals surface area contributed by atoms with E-state index in [1.807, 2.05) is 38.1 Å². The second kappa shape index (κ2) is 6.51. The highest BCUT2D eigenvalue weighted by Crippen LogP contribution is 2.40. The van der Waals surface area contributed by atoms with E-state index in [0.717, 1.165) is 0 Å². The molecule has 3 rings (SSSR count). The van der Waals surface area contributed by atoms with E-state index in [1.54, 1.807) is 30.3 Å². The van der Waals surface area contributed by atoms with Gasteiger partial charge in [-0.2, -0.15) is 0 Å². The number of nitrogens with zero attached hydrogens (tertiary/aromatic N) is 1. The van der Waals surface area contributed by atoms with E-state index in [1.165, 1.54) is 4.90 Å². The van der Waals surface area contributed by atoms with Crippen LogP contribution in [0.15, 0.2) is 54.6 Å². The lowest BCUT2D eigenvalue weighted by atomic mass is 9.94. The number of anilines is 1. The molecule has 0 bridgehead atoms. The van der Waals surface area contributed by atoms with Gasteiger partial charge in [0.05, 0.1) is 12.6 Å². The lowest BCUT2D eigenvalue weighted by molar-refractivity contribution is 0.0292. The molecule has 1 aliphatic heterocycles. The van der Waals surface area contributed by atoms with Gasteiger partial charge in [0.1, 0.15) is 12.4 Å². The van der Waals surface area contributed by atoms with Gasteiger partial charge in [0.2, 0.25) is 0 Å². The van der Waals surface area contributed by atoms with Crippen LogP contribution in [0.3, 0.4) is 0 Å². The third kappa shape index (κ3) is 2.94. The Bertz CT molecular complexity index is 720. The van der Waals surface area contributed by atoms with Crippen molar-refractivity contribution in [2.24, 2.45) is 0 Å². The Morgan fingerprint density at radius 3 is 2.50 bits per heavy atom. The third-order valence-electron chi connectivity index (χ3n) is 3.94. The van der Waals surface area contributed by atoms with E-state index in [0.29, 0.717) is 17.0 Å². The summed E-state index contributed by atoms with van der Waals surface area (Å²) in [7, 11) is 0. The Hall–Kier alpha value is -2.56. The summed E-state index contributed by atoms with van der Waals surface area (Å²) in [6.07, 6.45) is -0.622. The Morgan fingerprint density at radius 2 is 1.83 bits per heavy atom. The monoisotopic (exact) mass is 329 g/mol. The fraction of sp³-hybridized carbons (Fsp3) is 0.316. The van der Waals surface area contributed by atoms with E-state index < -0.39 is 18.4 Å². The van der Waals surface area contributed by atoms with E-state index in [2.05, 4.69) is 0 Å². The molecule has 4 nitrogen and oxygen atoms in total. The van der Waals surface area contributed by atoms with Gasteiger partial charge >= 0.3 is 6.09 Å². The highest BCUT2D eigenvalue weighted by Gasteiger charge is 2.49. The number of rotatable bonds is 5. The van der Waals surface area contributed by atoms with Crippen LogP contribution in [0.4, 0.5) is 14.9 Å². The molecule has 0 saturated carbocycles. The maximum absolute atomic E-state index is 14.1. The van der Waals surface area contributed by atoms with Crippen LogP contribution in [0.1, 0.15) is 19.4 Å². The molecule has 0 aromatic heterocycles. The largest absolute Gasteiger partial charge is 0.491 e. The summed E-state index contributed by atoms with van der Waals surface area (Å²) in [5.74, 6) is 0.535. The maximum Gasteiger partial charge on any atom is 0.415 e. The minimum absolute atomic E-state index is 0.0647. The lowest BCUT2D eigenvalue weighted by Crippen LogP contribution is -2.35. The van der Waals surface area contributed by atoms with Gasteiger partial charge in [-0.05, 0) is 32.0 Å². The first-order chi connectivity index (χ1) is 11.6. The number of alkyl halides is 1. The fourth-order valence-corrected chi connectivity index (χ4v) is 2.86. The summed E-state index contributed by atoms with van der Waals surface area (Å²) in [5.41, 5.74) is -0.133. The molecular formula is C19H20FNO3. The minimum atomic E-state index is -1.36. The quantitative estimate of drug-likeness (QED) is 0.821. The number of hydrogen-bond acceptors (Lipinski definition) is 3. The van der Waals surface area contributed by atoms with Crippen molar-refractivity contribution in [2.75, 3.05) is 18.1 Å². The van der Waals surface area contributed by atoms with Crippen molar-refractivity contribution in [3.63, 3.8) is 0 Å². The molecule has 1 saturated heterocycles. The van der Waals surface area contributed by atoms with E-state index in [-0.39, 0.29) is 12.6 Å². The molecule has 1 amide bonds. The van der Waals surface area contributed by atoms with E-state index in [9.17, 15) is 9.18 Å². The first-order valence-electron chi connectivity index (χ1n) is 7.93. The van der Waals surface area contributed by atoms with E-state index >= 15 is 0 Å². The Labute approximate surface area is 140 Å². The SMILES string of the molecule is CC(C)Oc1ccccc1[C@@]1(CF)CN(c2ccccc2)C(=O)O1. The van der Waals surface area contributed by atoms with Crippen LogP contribution in [-0.2, 0) is 10.3 Å². The molecule has 1 atom stereocenters. The molecule has 0 spiro atoms. The van der Waals surface area contributed by atoms with Gasteiger partial charge in [0.15, 0.2) is 5.60 Å². The van der Waals surface area contributed by atoms with Crippen molar-refractivity contribution < 1.29 is 18.7 Å². The number of hydrogen-bond donors (Lipinski definition) is 0. The zero-order valence-electron chi connectivity index (χ0n) is 13.7. The number of cyclic esters (lactones) is 1. The van der Waals surface area contributed by atoms with Crippen molar-refractivity contribution in [3.8, 4) is 5.75 Å².